The fourth-order valence-electron chi connectivity index (χ4n) is 0.294. The van der Waals surface area contributed by atoms with Gasteiger partial charge in [0.2, 0.25) is 0 Å². The molecule has 0 unspecified atom stereocenters. The summed E-state index contributed by atoms with van der Waals surface area (Å²) in [6.07, 6.45) is 1.17. The molecule has 52 valence electrons. The van der Waals surface area contributed by atoms with E-state index < -0.39 is 0 Å². The molecule has 9 heavy (non-hydrogen) atoms. The summed E-state index contributed by atoms with van der Waals surface area (Å²) < 4.78 is 0. The standard InChI is InChI=1S/C5H8O2.Ce.H2O/c1-4(6)3-5(2)7;;/h3,6H,1-2H3;;1H2/b4-3-;;. The summed E-state index contributed by atoms with van der Waals surface area (Å²) in [5.41, 5.74) is 0. The van der Waals surface area contributed by atoms with E-state index in [0.29, 0.717) is 0 Å². The summed E-state index contributed by atoms with van der Waals surface area (Å²) >= 11 is 0. The molecule has 0 saturated heterocycles. The Bertz CT molecular complexity index is 105. The van der Waals surface area contributed by atoms with Crippen LogP contribution >= 0.6 is 0 Å². The Morgan fingerprint density at radius 3 is 1.78 bits per heavy atom. The van der Waals surface area contributed by atoms with Crippen molar-refractivity contribution in [2.75, 3.05) is 0 Å². The van der Waals surface area contributed by atoms with Gasteiger partial charge in [-0.25, -0.2) is 0 Å². The van der Waals surface area contributed by atoms with Crippen LogP contribution in [0.1, 0.15) is 13.8 Å². The van der Waals surface area contributed by atoms with E-state index in [1.807, 2.05) is 0 Å². The van der Waals surface area contributed by atoms with Gasteiger partial charge >= 0.3 is 0 Å². The molecule has 0 fully saturated rings. The van der Waals surface area contributed by atoms with Gasteiger partial charge in [-0.2, -0.15) is 0 Å². The van der Waals surface area contributed by atoms with Crippen LogP contribution in [0.2, 0.25) is 0 Å². The zero-order chi connectivity index (χ0) is 5.86. The fourth-order valence-corrected chi connectivity index (χ4v) is 0.294. The number of carbonyl (C=O) groups excluding carboxylic acids is 1. The molecule has 0 atom stereocenters. The Hall–Kier alpha value is 0.547. The van der Waals surface area contributed by atoms with Crippen LogP contribution in [0.5, 0.6) is 0 Å². The average Bonchev–Trinajstić information content (AvgIpc) is 1.27. The Morgan fingerprint density at radius 1 is 1.44 bits per heavy atom. The molecule has 0 saturated carbocycles. The van der Waals surface area contributed by atoms with Crippen LogP contribution < -0.4 is 0 Å². The first kappa shape index (κ1) is 16.3. The zero-order valence-electron chi connectivity index (χ0n) is 5.43. The van der Waals surface area contributed by atoms with E-state index in [1.165, 1.54) is 19.9 Å². The Balaban J connectivity index is -0.000000180. The van der Waals surface area contributed by atoms with Gasteiger partial charge < -0.3 is 10.6 Å². The van der Waals surface area contributed by atoms with Gasteiger partial charge in [-0.1, -0.05) is 0 Å². The molecular formula is C5H10CeO3. The summed E-state index contributed by atoms with van der Waals surface area (Å²) in [7, 11) is 0. The first-order valence-corrected chi connectivity index (χ1v) is 2.01. The van der Waals surface area contributed by atoms with Crippen LogP contribution in [0, 0.1) is 41.7 Å². The summed E-state index contributed by atoms with van der Waals surface area (Å²) in [6.45, 7) is 2.85. The third-order valence-electron chi connectivity index (χ3n) is 0.412. The Morgan fingerprint density at radius 2 is 1.78 bits per heavy atom. The number of rotatable bonds is 1. The van der Waals surface area contributed by atoms with Crippen molar-refractivity contribution < 1.29 is 57.1 Å². The van der Waals surface area contributed by atoms with Crippen LogP contribution in [0.25, 0.3) is 0 Å². The van der Waals surface area contributed by atoms with E-state index in [4.69, 9.17) is 5.11 Å². The number of carbonyl (C=O) groups is 1. The largest absolute Gasteiger partial charge is 0.512 e. The number of aliphatic hydroxyl groups is 1. The first-order chi connectivity index (χ1) is 3.13. The van der Waals surface area contributed by atoms with E-state index >= 15 is 0 Å². The van der Waals surface area contributed by atoms with E-state index in [2.05, 4.69) is 0 Å². The minimum atomic E-state index is -0.125. The van der Waals surface area contributed by atoms with Gasteiger partial charge in [-0.05, 0) is 13.8 Å². The predicted molar refractivity (Wildman–Crippen MR) is 30.7 cm³/mol. The minimum absolute atomic E-state index is 0. The van der Waals surface area contributed by atoms with Crippen molar-refractivity contribution in [2.24, 2.45) is 0 Å². The number of aliphatic hydroxyl groups excluding tert-OH is 1. The third kappa shape index (κ3) is 17.7. The van der Waals surface area contributed by atoms with E-state index in [-0.39, 0.29) is 58.8 Å². The van der Waals surface area contributed by atoms with Crippen molar-refractivity contribution >= 4 is 5.78 Å². The summed E-state index contributed by atoms with van der Waals surface area (Å²) in [4.78, 5) is 10.0. The van der Waals surface area contributed by atoms with Gasteiger partial charge in [-0.3, -0.25) is 4.79 Å². The van der Waals surface area contributed by atoms with E-state index in [1.54, 1.807) is 0 Å². The van der Waals surface area contributed by atoms with Gasteiger partial charge in [0.15, 0.2) is 5.78 Å². The molecule has 0 aromatic rings. The molecule has 0 rings (SSSR count). The Kier molecular flexibility index (Phi) is 15.5. The molecule has 0 bridgehead atoms. The molecule has 0 aliphatic heterocycles. The van der Waals surface area contributed by atoms with E-state index in [9.17, 15) is 4.79 Å². The number of hydrogen-bond donors (Lipinski definition) is 1. The van der Waals surface area contributed by atoms with Crippen molar-refractivity contribution in [3.8, 4) is 0 Å². The van der Waals surface area contributed by atoms with Crippen molar-refractivity contribution in [3.63, 3.8) is 0 Å². The molecule has 0 aromatic carbocycles. The maximum absolute atomic E-state index is 10.0. The fraction of sp³-hybridized carbons (Fsp3) is 0.400. The second kappa shape index (κ2) is 8.55. The molecule has 0 amide bonds. The molecular weight excluding hydrogens is 248 g/mol. The first-order valence-electron chi connectivity index (χ1n) is 2.01. The van der Waals surface area contributed by atoms with Crippen LogP contribution in [0.15, 0.2) is 11.8 Å². The van der Waals surface area contributed by atoms with Crippen molar-refractivity contribution in [1.82, 2.24) is 0 Å². The summed E-state index contributed by atoms with van der Waals surface area (Å²) in [5, 5.41) is 8.36. The monoisotopic (exact) mass is 258 g/mol. The SMILES string of the molecule is CC(=O)/C=C(/C)O.O.[Ce]. The number of allylic oxidation sites excluding steroid dienone is 2. The van der Waals surface area contributed by atoms with Gasteiger partial charge in [0.1, 0.15) is 0 Å². The molecule has 4 heteroatoms. The third-order valence-corrected chi connectivity index (χ3v) is 0.412. The second-order valence-electron chi connectivity index (χ2n) is 1.40. The molecule has 0 aliphatic rings. The van der Waals surface area contributed by atoms with Crippen LogP contribution in [-0.4, -0.2) is 16.4 Å². The molecule has 0 heterocycles. The van der Waals surface area contributed by atoms with Gasteiger partial charge in [0.05, 0.1) is 5.76 Å². The predicted octanol–water partition coefficient (Wildman–Crippen LogP) is 0.213. The Labute approximate surface area is 87.8 Å². The summed E-state index contributed by atoms with van der Waals surface area (Å²) in [5.74, 6) is -0.0625. The molecule has 0 aliphatic carbocycles. The molecule has 3 nitrogen and oxygen atoms in total. The molecule has 0 spiro atoms. The second-order valence-corrected chi connectivity index (χ2v) is 1.40. The molecule has 3 N–H and O–H groups in total. The van der Waals surface area contributed by atoms with Crippen LogP contribution in [0.4, 0.5) is 0 Å². The quantitative estimate of drug-likeness (QED) is 0.539. The van der Waals surface area contributed by atoms with Crippen LogP contribution in [-0.2, 0) is 4.79 Å². The molecule has 0 radical (unpaired) electrons. The van der Waals surface area contributed by atoms with Gasteiger partial charge in [0, 0.05) is 47.8 Å². The maximum Gasteiger partial charge on any atom is 0.155 e. The topological polar surface area (TPSA) is 68.8 Å². The number of hydrogen-bond acceptors (Lipinski definition) is 2. The smallest absolute Gasteiger partial charge is 0.155 e. The zero-order valence-corrected chi connectivity index (χ0v) is 8.57. The summed E-state index contributed by atoms with van der Waals surface area (Å²) in [6, 6.07) is 0. The van der Waals surface area contributed by atoms with Gasteiger partial charge in [0.25, 0.3) is 0 Å². The maximum atomic E-state index is 10.0. The van der Waals surface area contributed by atoms with Crippen molar-refractivity contribution in [3.05, 3.63) is 11.8 Å². The average molecular weight is 258 g/mol. The minimum Gasteiger partial charge on any atom is -0.512 e. The van der Waals surface area contributed by atoms with Crippen molar-refractivity contribution in [1.29, 1.82) is 0 Å². The van der Waals surface area contributed by atoms with Crippen LogP contribution in [0.3, 0.4) is 0 Å². The molecule has 0 aromatic heterocycles. The van der Waals surface area contributed by atoms with Crippen molar-refractivity contribution in [2.45, 2.75) is 13.8 Å². The normalized spacial score (nSPS) is 8.89. The van der Waals surface area contributed by atoms with E-state index in [0.717, 1.165) is 0 Å². The number of ketones is 1. The van der Waals surface area contributed by atoms with Gasteiger partial charge in [-0.15, -0.1) is 0 Å².